The molecule has 0 saturated carbocycles. The van der Waals surface area contributed by atoms with E-state index in [1.165, 1.54) is 22.1 Å². The first-order valence-electron chi connectivity index (χ1n) is 19.2. The zero-order valence-corrected chi connectivity index (χ0v) is 33.2. The van der Waals surface area contributed by atoms with Crippen molar-refractivity contribution in [2.75, 3.05) is 0 Å². The van der Waals surface area contributed by atoms with Gasteiger partial charge in [-0.25, -0.2) is 4.98 Å². The molecule has 5 aromatic carbocycles. The number of ether oxygens (including phenoxy) is 1. The smallest absolute Gasteiger partial charge is 0.169 e. The minimum atomic E-state index is -0.103. The lowest BCUT2D eigenvalue weighted by atomic mass is 9.78. The Hall–Kier alpha value is -6.01. The summed E-state index contributed by atoms with van der Waals surface area (Å²) in [5, 5.41) is 15.4. The van der Waals surface area contributed by atoms with Crippen molar-refractivity contribution in [3.8, 4) is 28.7 Å². The quantitative estimate of drug-likeness (QED) is 0.170. The molecule has 0 bridgehead atoms. The molecule has 0 saturated heterocycles. The summed E-state index contributed by atoms with van der Waals surface area (Å²) in [6.45, 7) is 20.3. The minimum absolute atomic E-state index is 0.00551. The van der Waals surface area contributed by atoms with Crippen LogP contribution < -0.4 is 4.74 Å². The van der Waals surface area contributed by atoms with E-state index in [4.69, 9.17) is 19.9 Å². The van der Waals surface area contributed by atoms with Crippen molar-refractivity contribution < 1.29 is 4.74 Å². The van der Waals surface area contributed by atoms with Crippen molar-refractivity contribution in [3.63, 3.8) is 0 Å². The maximum Gasteiger partial charge on any atom is 0.169 e. The van der Waals surface area contributed by atoms with Gasteiger partial charge in [-0.3, -0.25) is 8.97 Å². The second-order valence-electron chi connectivity index (χ2n) is 18.0. The van der Waals surface area contributed by atoms with Crippen LogP contribution in [0.25, 0.3) is 66.3 Å². The van der Waals surface area contributed by atoms with Crippen LogP contribution in [-0.2, 0) is 16.2 Å². The molecular weight excluding hydrogens is 675 g/mol. The van der Waals surface area contributed by atoms with Gasteiger partial charge in [0.25, 0.3) is 0 Å². The number of pyridine rings is 2. The fraction of sp³-hybridized carbons (Fsp3) is 0.245. The van der Waals surface area contributed by atoms with Gasteiger partial charge in [0, 0.05) is 39.4 Å². The highest BCUT2D eigenvalue weighted by atomic mass is 16.5. The predicted molar refractivity (Wildman–Crippen MR) is 228 cm³/mol. The third-order valence-corrected chi connectivity index (χ3v) is 11.0. The Morgan fingerprint density at radius 1 is 0.491 bits per heavy atom. The van der Waals surface area contributed by atoms with Crippen LogP contribution in [0.15, 0.2) is 121 Å². The van der Waals surface area contributed by atoms with E-state index in [0.29, 0.717) is 0 Å². The van der Waals surface area contributed by atoms with E-state index < -0.39 is 0 Å². The SMILES string of the molecule is CC(C)(C)c1ccnc(-n2c3ccccc3c3ccc(Oc4ccc5c6ccccc6n6c(-c7ccc(C(C)(C)C)cc7C(C)(C)C)nnc6c5c4)cc32)c1. The van der Waals surface area contributed by atoms with Crippen molar-refractivity contribution in [1.29, 1.82) is 0 Å². The fourth-order valence-corrected chi connectivity index (χ4v) is 7.99. The molecule has 0 atom stereocenters. The molecule has 0 radical (unpaired) electrons. The first kappa shape index (κ1) is 34.7. The van der Waals surface area contributed by atoms with Crippen LogP contribution in [0.3, 0.4) is 0 Å². The molecule has 274 valence electrons. The van der Waals surface area contributed by atoms with E-state index >= 15 is 0 Å². The van der Waals surface area contributed by atoms with Crippen molar-refractivity contribution in [2.24, 2.45) is 0 Å². The second kappa shape index (κ2) is 12.3. The van der Waals surface area contributed by atoms with Crippen LogP contribution in [0.5, 0.6) is 11.5 Å². The summed E-state index contributed by atoms with van der Waals surface area (Å²) in [4.78, 5) is 4.86. The Bertz CT molecular complexity index is 2960. The molecule has 4 aromatic heterocycles. The Labute approximate surface area is 322 Å². The van der Waals surface area contributed by atoms with Gasteiger partial charge in [0.2, 0.25) is 0 Å². The molecule has 6 heteroatoms. The fourth-order valence-electron chi connectivity index (χ4n) is 7.99. The molecule has 0 fully saturated rings. The topological polar surface area (TPSA) is 57.2 Å². The standard InChI is InChI=1S/C49H47N5O/c1-47(2,3)30-18-21-38(40(26-30)49(7,8)9)45-51-52-46-39-28-32(19-22-34(39)35-14-10-13-17-42(35)54(45)46)55-33-20-23-37-36-15-11-12-16-41(36)53(43(37)29-33)44-27-31(24-25-50-44)48(4,5)6/h10-29H,1-9H3. The van der Waals surface area contributed by atoms with Gasteiger partial charge in [-0.15, -0.1) is 10.2 Å². The Morgan fingerprint density at radius 2 is 1.11 bits per heavy atom. The number of aromatic nitrogens is 5. The van der Waals surface area contributed by atoms with E-state index in [2.05, 4.69) is 187 Å². The molecule has 0 aliphatic rings. The number of hydrogen-bond acceptors (Lipinski definition) is 4. The molecule has 0 aliphatic carbocycles. The van der Waals surface area contributed by atoms with Crippen LogP contribution in [0.1, 0.15) is 79.0 Å². The summed E-state index contributed by atoms with van der Waals surface area (Å²) in [7, 11) is 0. The average Bonchev–Trinajstić information content (AvgIpc) is 3.74. The monoisotopic (exact) mass is 721 g/mol. The second-order valence-corrected chi connectivity index (χ2v) is 18.0. The number of para-hydroxylation sites is 2. The average molecular weight is 722 g/mol. The molecule has 0 N–H and O–H groups in total. The van der Waals surface area contributed by atoms with E-state index in [1.807, 2.05) is 6.20 Å². The van der Waals surface area contributed by atoms with Crippen LogP contribution in [0, 0.1) is 0 Å². The molecule has 9 rings (SSSR count). The molecule has 4 heterocycles. The van der Waals surface area contributed by atoms with Gasteiger partial charge in [-0.2, -0.15) is 0 Å². The number of nitrogens with zero attached hydrogens (tertiary/aromatic N) is 5. The van der Waals surface area contributed by atoms with Gasteiger partial charge in [0.1, 0.15) is 17.3 Å². The third kappa shape index (κ3) is 5.83. The van der Waals surface area contributed by atoms with Gasteiger partial charge in [0.05, 0.1) is 16.6 Å². The summed E-state index contributed by atoms with van der Waals surface area (Å²) >= 11 is 0. The molecular formula is C49H47N5O. The highest BCUT2D eigenvalue weighted by molar-refractivity contribution is 6.13. The summed E-state index contributed by atoms with van der Waals surface area (Å²) < 4.78 is 11.2. The van der Waals surface area contributed by atoms with Crippen molar-refractivity contribution in [1.82, 2.24) is 24.1 Å². The van der Waals surface area contributed by atoms with Crippen molar-refractivity contribution in [2.45, 2.75) is 78.6 Å². The largest absolute Gasteiger partial charge is 0.457 e. The number of hydrogen-bond donors (Lipinski definition) is 0. The summed E-state index contributed by atoms with van der Waals surface area (Å²) in [6.07, 6.45) is 1.91. The van der Waals surface area contributed by atoms with Crippen molar-refractivity contribution in [3.05, 3.63) is 138 Å². The van der Waals surface area contributed by atoms with Gasteiger partial charge in [-0.1, -0.05) is 117 Å². The lowest BCUT2D eigenvalue weighted by Gasteiger charge is -2.27. The van der Waals surface area contributed by atoms with E-state index in [-0.39, 0.29) is 16.2 Å². The van der Waals surface area contributed by atoms with E-state index in [0.717, 1.165) is 72.4 Å². The molecule has 55 heavy (non-hydrogen) atoms. The Balaban J connectivity index is 1.20. The van der Waals surface area contributed by atoms with Crippen LogP contribution >= 0.6 is 0 Å². The molecule has 6 nitrogen and oxygen atoms in total. The van der Waals surface area contributed by atoms with Crippen LogP contribution in [-0.4, -0.2) is 24.1 Å². The molecule has 0 amide bonds. The highest BCUT2D eigenvalue weighted by Crippen LogP contribution is 2.41. The Kier molecular flexibility index (Phi) is 7.74. The summed E-state index contributed by atoms with van der Waals surface area (Å²) in [5.41, 5.74) is 8.83. The third-order valence-electron chi connectivity index (χ3n) is 11.0. The predicted octanol–water partition coefficient (Wildman–Crippen LogP) is 12.9. The molecule has 0 unspecified atom stereocenters. The van der Waals surface area contributed by atoms with Crippen LogP contribution in [0.4, 0.5) is 0 Å². The first-order chi connectivity index (χ1) is 26.2. The first-order valence-corrected chi connectivity index (χ1v) is 19.2. The summed E-state index contributed by atoms with van der Waals surface area (Å²) in [6, 6.07) is 40.9. The van der Waals surface area contributed by atoms with Gasteiger partial charge < -0.3 is 4.74 Å². The number of rotatable bonds is 4. The highest BCUT2D eigenvalue weighted by Gasteiger charge is 2.26. The zero-order chi connectivity index (χ0) is 38.4. The normalized spacial score (nSPS) is 12.8. The van der Waals surface area contributed by atoms with Crippen LogP contribution in [0.2, 0.25) is 0 Å². The lowest BCUT2D eigenvalue weighted by Crippen LogP contribution is -2.17. The van der Waals surface area contributed by atoms with E-state index in [1.54, 1.807) is 0 Å². The van der Waals surface area contributed by atoms with Crippen molar-refractivity contribution >= 4 is 49.1 Å². The number of benzene rings is 5. The Morgan fingerprint density at radius 3 is 1.82 bits per heavy atom. The maximum absolute atomic E-state index is 6.73. The zero-order valence-electron chi connectivity index (χ0n) is 33.2. The van der Waals surface area contributed by atoms with E-state index in [9.17, 15) is 0 Å². The number of fused-ring (bicyclic) bond motifs is 9. The minimum Gasteiger partial charge on any atom is -0.457 e. The molecule has 0 aliphatic heterocycles. The van der Waals surface area contributed by atoms with Gasteiger partial charge in [0.15, 0.2) is 11.5 Å². The lowest BCUT2D eigenvalue weighted by molar-refractivity contribution is 0.484. The van der Waals surface area contributed by atoms with Gasteiger partial charge >= 0.3 is 0 Å². The molecule has 9 aromatic rings. The van der Waals surface area contributed by atoms with Gasteiger partial charge in [-0.05, 0) is 92.9 Å². The maximum atomic E-state index is 6.73. The summed E-state index contributed by atoms with van der Waals surface area (Å²) in [5.74, 6) is 3.21. The molecule has 0 spiro atoms.